The van der Waals surface area contributed by atoms with Crippen LogP contribution in [0.1, 0.15) is 36.0 Å². The molecule has 0 heterocycles. The van der Waals surface area contributed by atoms with Gasteiger partial charge < -0.3 is 16.0 Å². The van der Waals surface area contributed by atoms with Gasteiger partial charge in [-0.1, -0.05) is 25.0 Å². The summed E-state index contributed by atoms with van der Waals surface area (Å²) in [6.07, 6.45) is 5.25. The molecule has 120 valence electrons. The molecule has 0 bridgehead atoms. The lowest BCUT2D eigenvalue weighted by atomic mass is 10.1. The first kappa shape index (κ1) is 20.0. The molecule has 1 aliphatic rings. The maximum absolute atomic E-state index is 12.0. The second-order valence-electron chi connectivity index (χ2n) is 5.26. The Morgan fingerprint density at radius 2 is 1.90 bits per heavy atom. The average molecular weight is 334 g/mol. The Morgan fingerprint density at radius 3 is 2.52 bits per heavy atom. The third kappa shape index (κ3) is 5.73. The van der Waals surface area contributed by atoms with Gasteiger partial charge in [-0.15, -0.1) is 24.8 Å². The Labute approximate surface area is 139 Å². The molecule has 2 rings (SSSR count). The van der Waals surface area contributed by atoms with Gasteiger partial charge in [-0.25, -0.2) is 0 Å². The molecular weight excluding hydrogens is 309 g/mol. The van der Waals surface area contributed by atoms with Crippen molar-refractivity contribution >= 4 is 36.4 Å². The molecule has 1 amide bonds. The summed E-state index contributed by atoms with van der Waals surface area (Å²) in [4.78, 5) is 14.3. The van der Waals surface area contributed by atoms with Gasteiger partial charge in [0.15, 0.2) is 0 Å². The zero-order valence-electron chi connectivity index (χ0n) is 12.4. The normalized spacial score (nSPS) is 14.4. The molecular formula is C15H25Cl2N3O. The summed E-state index contributed by atoms with van der Waals surface area (Å²) in [7, 11) is 2.14. The van der Waals surface area contributed by atoms with Crippen LogP contribution in [-0.4, -0.2) is 37.0 Å². The minimum absolute atomic E-state index is 0. The summed E-state index contributed by atoms with van der Waals surface area (Å²) in [6.45, 7) is 1.56. The molecule has 0 spiro atoms. The van der Waals surface area contributed by atoms with E-state index >= 15 is 0 Å². The number of amides is 1. The van der Waals surface area contributed by atoms with Crippen molar-refractivity contribution in [3.05, 3.63) is 29.8 Å². The first-order valence-electron chi connectivity index (χ1n) is 7.01. The highest BCUT2D eigenvalue weighted by Crippen LogP contribution is 2.21. The molecule has 1 fully saturated rings. The maximum atomic E-state index is 12.0. The van der Waals surface area contributed by atoms with Gasteiger partial charge in [0.25, 0.3) is 5.91 Å². The first-order chi connectivity index (χ1) is 9.18. The molecule has 0 saturated heterocycles. The summed E-state index contributed by atoms with van der Waals surface area (Å²) in [5.41, 5.74) is 6.87. The molecule has 4 nitrogen and oxygen atoms in total. The molecule has 1 aromatic carbocycles. The van der Waals surface area contributed by atoms with Crippen LogP contribution in [0.2, 0.25) is 0 Å². The Bertz CT molecular complexity index is 437. The molecule has 21 heavy (non-hydrogen) atoms. The second-order valence-corrected chi connectivity index (χ2v) is 5.26. The number of carbonyl (C=O) groups is 1. The Hall–Kier alpha value is -0.970. The van der Waals surface area contributed by atoms with Gasteiger partial charge in [-0.05, 0) is 32.0 Å². The monoisotopic (exact) mass is 333 g/mol. The fourth-order valence-electron chi connectivity index (χ4n) is 2.67. The fraction of sp³-hybridized carbons (Fsp3) is 0.533. The summed E-state index contributed by atoms with van der Waals surface area (Å²) in [5.74, 6) is -0.0853. The van der Waals surface area contributed by atoms with Crippen molar-refractivity contribution in [3.63, 3.8) is 0 Å². The Balaban J connectivity index is 0.00000200. The van der Waals surface area contributed by atoms with Crippen LogP contribution in [0, 0.1) is 0 Å². The van der Waals surface area contributed by atoms with E-state index in [2.05, 4.69) is 17.3 Å². The molecule has 0 aromatic heterocycles. The van der Waals surface area contributed by atoms with E-state index in [9.17, 15) is 4.79 Å². The third-order valence-corrected chi connectivity index (χ3v) is 3.90. The Morgan fingerprint density at radius 1 is 1.29 bits per heavy atom. The number of carbonyl (C=O) groups excluding carboxylic acids is 1. The van der Waals surface area contributed by atoms with Crippen molar-refractivity contribution < 1.29 is 4.79 Å². The number of anilines is 1. The van der Waals surface area contributed by atoms with Crippen molar-refractivity contribution in [1.29, 1.82) is 0 Å². The minimum Gasteiger partial charge on any atom is -0.398 e. The molecule has 1 aliphatic carbocycles. The number of nitrogens with two attached hydrogens (primary N) is 1. The predicted octanol–water partition coefficient (Wildman–Crippen LogP) is 2.72. The van der Waals surface area contributed by atoms with Gasteiger partial charge in [0.2, 0.25) is 0 Å². The number of nitrogens with zero attached hydrogens (tertiary/aromatic N) is 1. The average Bonchev–Trinajstić information content (AvgIpc) is 2.93. The van der Waals surface area contributed by atoms with E-state index in [0.29, 0.717) is 23.8 Å². The third-order valence-electron chi connectivity index (χ3n) is 3.90. The number of rotatable bonds is 5. The van der Waals surface area contributed by atoms with E-state index < -0.39 is 0 Å². The van der Waals surface area contributed by atoms with E-state index in [4.69, 9.17) is 5.73 Å². The molecule has 6 heteroatoms. The first-order valence-corrected chi connectivity index (χ1v) is 7.01. The summed E-state index contributed by atoms with van der Waals surface area (Å²) in [5, 5.41) is 2.93. The van der Waals surface area contributed by atoms with Crippen LogP contribution in [0.15, 0.2) is 24.3 Å². The zero-order chi connectivity index (χ0) is 13.7. The lowest BCUT2D eigenvalue weighted by Gasteiger charge is -2.23. The molecule has 0 unspecified atom stereocenters. The second kappa shape index (κ2) is 9.87. The summed E-state index contributed by atoms with van der Waals surface area (Å²) in [6, 6.07) is 7.86. The van der Waals surface area contributed by atoms with Crippen LogP contribution >= 0.6 is 24.8 Å². The highest BCUT2D eigenvalue weighted by Gasteiger charge is 2.19. The molecule has 0 aliphatic heterocycles. The van der Waals surface area contributed by atoms with Crippen molar-refractivity contribution in [2.75, 3.05) is 25.9 Å². The number of nitrogen functional groups attached to an aromatic ring is 1. The van der Waals surface area contributed by atoms with Crippen molar-refractivity contribution in [3.8, 4) is 0 Å². The van der Waals surface area contributed by atoms with Crippen LogP contribution in [0.5, 0.6) is 0 Å². The number of hydrogen-bond donors (Lipinski definition) is 2. The number of benzene rings is 1. The maximum Gasteiger partial charge on any atom is 0.253 e. The standard InChI is InChI=1S/C15H23N3O.2ClH/c1-18(12-6-2-3-7-12)11-10-17-15(19)13-8-4-5-9-14(13)16;;/h4-5,8-9,12H,2-3,6-7,10-11,16H2,1H3,(H,17,19);2*1H. The van der Waals surface area contributed by atoms with E-state index in [1.54, 1.807) is 12.1 Å². The van der Waals surface area contributed by atoms with E-state index in [1.165, 1.54) is 25.7 Å². The zero-order valence-corrected chi connectivity index (χ0v) is 14.0. The van der Waals surface area contributed by atoms with Crippen molar-refractivity contribution in [2.45, 2.75) is 31.7 Å². The van der Waals surface area contributed by atoms with Gasteiger partial charge in [0.1, 0.15) is 0 Å². The van der Waals surface area contributed by atoms with Crippen LogP contribution in [0.4, 0.5) is 5.69 Å². The van der Waals surface area contributed by atoms with E-state index in [-0.39, 0.29) is 30.7 Å². The quantitative estimate of drug-likeness (QED) is 0.814. The molecule has 3 N–H and O–H groups in total. The smallest absolute Gasteiger partial charge is 0.253 e. The highest BCUT2D eigenvalue weighted by atomic mass is 35.5. The highest BCUT2D eigenvalue weighted by molar-refractivity contribution is 5.99. The number of likely N-dealkylation sites (N-methyl/N-ethyl adjacent to an activating group) is 1. The van der Waals surface area contributed by atoms with Gasteiger partial charge in [0.05, 0.1) is 5.56 Å². The topological polar surface area (TPSA) is 58.4 Å². The van der Waals surface area contributed by atoms with E-state index in [1.807, 2.05) is 12.1 Å². The van der Waals surface area contributed by atoms with Gasteiger partial charge >= 0.3 is 0 Å². The van der Waals surface area contributed by atoms with Gasteiger partial charge in [0, 0.05) is 24.8 Å². The van der Waals surface area contributed by atoms with Gasteiger partial charge in [-0.3, -0.25) is 4.79 Å². The Kier molecular flexibility index (Phi) is 9.42. The lowest BCUT2D eigenvalue weighted by molar-refractivity contribution is 0.0948. The summed E-state index contributed by atoms with van der Waals surface area (Å²) >= 11 is 0. The number of halogens is 2. The van der Waals surface area contributed by atoms with Crippen LogP contribution < -0.4 is 11.1 Å². The number of para-hydroxylation sites is 1. The summed E-state index contributed by atoms with van der Waals surface area (Å²) < 4.78 is 0. The predicted molar refractivity (Wildman–Crippen MR) is 92.6 cm³/mol. The van der Waals surface area contributed by atoms with E-state index in [0.717, 1.165) is 6.54 Å². The van der Waals surface area contributed by atoms with Crippen molar-refractivity contribution in [1.82, 2.24) is 10.2 Å². The fourth-order valence-corrected chi connectivity index (χ4v) is 2.67. The minimum atomic E-state index is -0.0853. The van der Waals surface area contributed by atoms with Gasteiger partial charge in [-0.2, -0.15) is 0 Å². The molecule has 1 saturated carbocycles. The SMILES string of the molecule is CN(CCNC(=O)c1ccccc1N)C1CCCC1.Cl.Cl. The molecule has 0 radical (unpaired) electrons. The number of nitrogens with one attached hydrogen (secondary N) is 1. The lowest BCUT2D eigenvalue weighted by Crippen LogP contribution is -2.37. The molecule has 0 atom stereocenters. The van der Waals surface area contributed by atoms with Crippen LogP contribution in [0.3, 0.4) is 0 Å². The number of hydrogen-bond acceptors (Lipinski definition) is 3. The molecule has 1 aromatic rings. The van der Waals surface area contributed by atoms with Crippen molar-refractivity contribution in [2.24, 2.45) is 0 Å². The largest absolute Gasteiger partial charge is 0.398 e. The van der Waals surface area contributed by atoms with Crippen LogP contribution in [-0.2, 0) is 0 Å². The van der Waals surface area contributed by atoms with Crippen LogP contribution in [0.25, 0.3) is 0 Å².